The molecule has 1 N–H and O–H groups in total. The van der Waals surface area contributed by atoms with Crippen molar-refractivity contribution in [2.24, 2.45) is 0 Å². The second-order valence-corrected chi connectivity index (χ2v) is 13.2. The lowest BCUT2D eigenvalue weighted by molar-refractivity contribution is -0.140. The third kappa shape index (κ3) is 7.92. The Morgan fingerprint density at radius 2 is 1.59 bits per heavy atom. The van der Waals surface area contributed by atoms with E-state index in [0.29, 0.717) is 12.1 Å². The number of hydrogen-bond donors (Lipinski definition) is 1. The third-order valence-electron chi connectivity index (χ3n) is 6.16. The topological polar surface area (TPSA) is 86.8 Å². The first-order chi connectivity index (χ1) is 18.3. The van der Waals surface area contributed by atoms with Crippen molar-refractivity contribution < 1.29 is 18.0 Å². The molecule has 208 valence electrons. The normalized spacial score (nSPS) is 12.5. The van der Waals surface area contributed by atoms with E-state index < -0.39 is 34.1 Å². The molecule has 0 heterocycles. The van der Waals surface area contributed by atoms with Crippen molar-refractivity contribution in [1.29, 1.82) is 0 Å². The first kappa shape index (κ1) is 30.4. The number of amides is 2. The minimum absolute atomic E-state index is 0.0840. The number of para-hydroxylation sites is 1. The van der Waals surface area contributed by atoms with Crippen molar-refractivity contribution in [2.75, 3.05) is 10.8 Å². The van der Waals surface area contributed by atoms with Crippen molar-refractivity contribution in [3.63, 3.8) is 0 Å². The molecule has 0 aliphatic heterocycles. The molecule has 0 radical (unpaired) electrons. The van der Waals surface area contributed by atoms with E-state index in [1.807, 2.05) is 64.1 Å². The van der Waals surface area contributed by atoms with E-state index >= 15 is 0 Å². The van der Waals surface area contributed by atoms with Crippen molar-refractivity contribution in [3.05, 3.63) is 94.5 Å². The van der Waals surface area contributed by atoms with Gasteiger partial charge < -0.3 is 10.2 Å². The molecule has 0 fully saturated rings. The Morgan fingerprint density at radius 3 is 2.21 bits per heavy atom. The Kier molecular flexibility index (Phi) is 9.96. The van der Waals surface area contributed by atoms with Gasteiger partial charge in [0.15, 0.2) is 0 Å². The van der Waals surface area contributed by atoms with Crippen LogP contribution >= 0.6 is 15.9 Å². The van der Waals surface area contributed by atoms with Crippen LogP contribution in [0.4, 0.5) is 5.69 Å². The number of benzene rings is 3. The van der Waals surface area contributed by atoms with E-state index in [2.05, 4.69) is 21.2 Å². The quantitative estimate of drug-likeness (QED) is 0.325. The third-order valence-corrected chi connectivity index (χ3v) is 8.43. The van der Waals surface area contributed by atoms with E-state index in [0.717, 1.165) is 19.9 Å². The molecule has 0 aliphatic carbocycles. The van der Waals surface area contributed by atoms with Crippen LogP contribution in [0.5, 0.6) is 0 Å². The fourth-order valence-electron chi connectivity index (χ4n) is 4.17. The Balaban J connectivity index is 2.07. The van der Waals surface area contributed by atoms with E-state index in [4.69, 9.17) is 0 Å². The Hall–Kier alpha value is -3.17. The molecule has 9 heteroatoms. The Bertz CT molecular complexity index is 1400. The van der Waals surface area contributed by atoms with Crippen molar-refractivity contribution in [2.45, 2.75) is 64.1 Å². The first-order valence-electron chi connectivity index (χ1n) is 12.8. The molecular weight excluding hydrogens is 578 g/mol. The first-order valence-corrected chi connectivity index (χ1v) is 15.1. The number of halogens is 1. The van der Waals surface area contributed by atoms with Gasteiger partial charge in [0, 0.05) is 16.6 Å². The number of sulfonamides is 1. The summed E-state index contributed by atoms with van der Waals surface area (Å²) in [5, 5.41) is 2.94. The van der Waals surface area contributed by atoms with Crippen LogP contribution in [0, 0.1) is 0 Å². The van der Waals surface area contributed by atoms with E-state index in [-0.39, 0.29) is 17.3 Å². The second-order valence-electron chi connectivity index (χ2n) is 10.4. The van der Waals surface area contributed by atoms with Crippen LogP contribution in [0.25, 0.3) is 0 Å². The standard InChI is InChI=1S/C30H36BrN3O4S/c1-6-24-14-10-11-18-27(24)34(39(37,38)26-16-8-7-9-17-26)21-28(35)33(20-23-13-12-15-25(31)19-23)22(2)29(36)32-30(3,4)5/h7-19,22H,6,20-21H2,1-5H3,(H,32,36)/t22-/m1/s1. The molecule has 0 unspecified atom stereocenters. The maximum Gasteiger partial charge on any atom is 0.264 e. The van der Waals surface area contributed by atoms with Gasteiger partial charge in [0.2, 0.25) is 11.8 Å². The lowest BCUT2D eigenvalue weighted by atomic mass is 10.1. The summed E-state index contributed by atoms with van der Waals surface area (Å²) in [5.41, 5.74) is 1.53. The number of hydrogen-bond acceptors (Lipinski definition) is 4. The van der Waals surface area contributed by atoms with Crippen LogP contribution < -0.4 is 9.62 Å². The summed E-state index contributed by atoms with van der Waals surface area (Å²) in [6.07, 6.45) is 0.581. The highest BCUT2D eigenvalue weighted by atomic mass is 79.9. The summed E-state index contributed by atoms with van der Waals surface area (Å²) >= 11 is 3.46. The van der Waals surface area contributed by atoms with Gasteiger partial charge in [-0.25, -0.2) is 8.42 Å². The van der Waals surface area contributed by atoms with Crippen LogP contribution in [-0.2, 0) is 32.6 Å². The second kappa shape index (κ2) is 12.8. The number of anilines is 1. The molecule has 3 aromatic carbocycles. The van der Waals surface area contributed by atoms with Gasteiger partial charge in [0.1, 0.15) is 12.6 Å². The van der Waals surface area contributed by atoms with E-state index in [1.165, 1.54) is 17.0 Å². The molecule has 3 aromatic rings. The maximum absolute atomic E-state index is 14.0. The molecule has 2 amide bonds. The molecular formula is C30H36BrN3O4S. The molecule has 0 spiro atoms. The lowest BCUT2D eigenvalue weighted by Gasteiger charge is -2.34. The predicted octanol–water partition coefficient (Wildman–Crippen LogP) is 5.54. The smallest absolute Gasteiger partial charge is 0.264 e. The molecule has 1 atom stereocenters. The highest BCUT2D eigenvalue weighted by molar-refractivity contribution is 9.10. The van der Waals surface area contributed by atoms with Crippen molar-refractivity contribution >= 4 is 43.5 Å². The molecule has 3 rings (SSSR count). The summed E-state index contributed by atoms with van der Waals surface area (Å²) in [5.74, 6) is -0.811. The van der Waals surface area contributed by atoms with Gasteiger partial charge in [-0.15, -0.1) is 0 Å². The van der Waals surface area contributed by atoms with E-state index in [1.54, 1.807) is 37.3 Å². The summed E-state index contributed by atoms with van der Waals surface area (Å²) in [6, 6.07) is 21.8. The van der Waals surface area contributed by atoms with Gasteiger partial charge in [-0.05, 0) is 75.6 Å². The molecule has 0 bridgehead atoms. The number of carbonyl (C=O) groups is 2. The number of nitrogens with zero attached hydrogens (tertiary/aromatic N) is 2. The Morgan fingerprint density at radius 1 is 0.949 bits per heavy atom. The van der Waals surface area contributed by atoms with Crippen LogP contribution in [0.2, 0.25) is 0 Å². The average molecular weight is 615 g/mol. The SMILES string of the molecule is CCc1ccccc1N(CC(=O)N(Cc1cccc(Br)c1)[C@H](C)C(=O)NC(C)(C)C)S(=O)(=O)c1ccccc1. The van der Waals surface area contributed by atoms with E-state index in [9.17, 15) is 18.0 Å². The minimum Gasteiger partial charge on any atom is -0.350 e. The lowest BCUT2D eigenvalue weighted by Crippen LogP contribution is -2.54. The fraction of sp³-hybridized carbons (Fsp3) is 0.333. The number of carbonyl (C=O) groups excluding carboxylic acids is 2. The summed E-state index contributed by atoms with van der Waals surface area (Å²) in [7, 11) is -4.09. The van der Waals surface area contributed by atoms with Gasteiger partial charge in [-0.1, -0.05) is 71.4 Å². The highest BCUT2D eigenvalue weighted by Gasteiger charge is 2.34. The molecule has 0 aromatic heterocycles. The molecule has 0 aliphatic rings. The molecule has 7 nitrogen and oxygen atoms in total. The summed E-state index contributed by atoms with van der Waals surface area (Å²) in [4.78, 5) is 28.7. The van der Waals surface area contributed by atoms with Gasteiger partial charge in [0.25, 0.3) is 10.0 Å². The van der Waals surface area contributed by atoms with Crippen molar-refractivity contribution in [1.82, 2.24) is 10.2 Å². The molecule has 0 saturated heterocycles. The minimum atomic E-state index is -4.09. The fourth-order valence-corrected chi connectivity index (χ4v) is 6.09. The largest absolute Gasteiger partial charge is 0.350 e. The zero-order chi connectivity index (χ0) is 28.8. The van der Waals surface area contributed by atoms with Crippen molar-refractivity contribution in [3.8, 4) is 0 Å². The van der Waals surface area contributed by atoms with Gasteiger partial charge in [0.05, 0.1) is 10.6 Å². The number of rotatable bonds is 10. The zero-order valence-corrected chi connectivity index (χ0v) is 25.4. The molecule has 0 saturated carbocycles. The number of nitrogens with one attached hydrogen (secondary N) is 1. The maximum atomic E-state index is 14.0. The predicted molar refractivity (Wildman–Crippen MR) is 159 cm³/mol. The highest BCUT2D eigenvalue weighted by Crippen LogP contribution is 2.28. The zero-order valence-electron chi connectivity index (χ0n) is 23.0. The van der Waals surface area contributed by atoms with Gasteiger partial charge in [-0.3, -0.25) is 13.9 Å². The summed E-state index contributed by atoms with van der Waals surface area (Å²) in [6.45, 7) is 8.87. The molecule has 39 heavy (non-hydrogen) atoms. The van der Waals surface area contributed by atoms with Crippen LogP contribution in [0.1, 0.15) is 45.7 Å². The van der Waals surface area contributed by atoms with Crippen LogP contribution in [-0.4, -0.2) is 43.3 Å². The van der Waals surface area contributed by atoms with Crippen LogP contribution in [0.15, 0.2) is 88.2 Å². The van der Waals surface area contributed by atoms with Crippen LogP contribution in [0.3, 0.4) is 0 Å². The Labute approximate surface area is 240 Å². The summed E-state index contributed by atoms with van der Waals surface area (Å²) < 4.78 is 29.8. The van der Waals surface area contributed by atoms with Gasteiger partial charge >= 0.3 is 0 Å². The monoisotopic (exact) mass is 613 g/mol. The number of aryl methyl sites for hydroxylation is 1. The van der Waals surface area contributed by atoms with Gasteiger partial charge in [-0.2, -0.15) is 0 Å². The average Bonchev–Trinajstić information content (AvgIpc) is 2.89.